The minimum atomic E-state index is -0.124. The Hall–Kier alpha value is -2.33. The van der Waals surface area contributed by atoms with E-state index in [0.29, 0.717) is 25.2 Å². The van der Waals surface area contributed by atoms with E-state index in [1.807, 2.05) is 37.3 Å². The van der Waals surface area contributed by atoms with E-state index in [1.165, 1.54) is 5.56 Å². The molecule has 0 aliphatic carbocycles. The van der Waals surface area contributed by atoms with Gasteiger partial charge in [0.25, 0.3) is 5.91 Å². The van der Waals surface area contributed by atoms with Crippen molar-refractivity contribution in [1.82, 2.24) is 20.9 Å². The number of hydrogen-bond acceptors (Lipinski definition) is 3. The van der Waals surface area contributed by atoms with Gasteiger partial charge in [0.1, 0.15) is 0 Å². The predicted molar refractivity (Wildman–Crippen MR) is 139 cm³/mol. The molecule has 3 N–H and O–H groups in total. The molecule has 2 aromatic rings. The third kappa shape index (κ3) is 7.98. The predicted octanol–water partition coefficient (Wildman–Crippen LogP) is 2.83. The molecule has 172 valence electrons. The molecule has 3 rings (SSSR count). The summed E-state index contributed by atoms with van der Waals surface area (Å²) < 4.78 is 0. The molecule has 0 spiro atoms. The average molecular weight is 570 g/mol. The molecule has 32 heavy (non-hydrogen) atoms. The Kier molecular flexibility index (Phi) is 10.8. The average Bonchev–Trinajstić information content (AvgIpc) is 2.77. The third-order valence-electron chi connectivity index (χ3n) is 4.89. The van der Waals surface area contributed by atoms with E-state index in [2.05, 4.69) is 27.0 Å². The molecule has 0 radical (unpaired) electrons. The Morgan fingerprint density at radius 1 is 1.16 bits per heavy atom. The normalized spacial score (nSPS) is 13.8. The summed E-state index contributed by atoms with van der Waals surface area (Å²) in [6.07, 6.45) is 0.844. The maximum Gasteiger partial charge on any atom is 0.254 e. The van der Waals surface area contributed by atoms with Crippen LogP contribution in [0.2, 0.25) is 5.02 Å². The van der Waals surface area contributed by atoms with Crippen LogP contribution in [0.1, 0.15) is 28.4 Å². The standard InChI is InChI=1S/C23H28ClN5O2.HI/c1-2-25-23(27-11-10-17-4-3-5-20(24)14-17)28-15-18-6-8-19(9-7-18)22(31)29-13-12-26-21(30)16-29;/h3-9,14H,2,10-13,15-16H2,1H3,(H,26,30)(H2,25,27,28);1H. The smallest absolute Gasteiger partial charge is 0.254 e. The minimum absolute atomic E-state index is 0. The van der Waals surface area contributed by atoms with Gasteiger partial charge in [-0.3, -0.25) is 9.59 Å². The summed E-state index contributed by atoms with van der Waals surface area (Å²) >= 11 is 6.04. The molecule has 0 aromatic heterocycles. The Balaban J connectivity index is 0.00000363. The van der Waals surface area contributed by atoms with E-state index in [1.54, 1.807) is 17.0 Å². The molecule has 0 atom stereocenters. The SMILES string of the molecule is CCNC(=NCc1ccc(C(=O)N2CCNC(=O)C2)cc1)NCCc1cccc(Cl)c1.I. The van der Waals surface area contributed by atoms with Crippen molar-refractivity contribution in [3.05, 3.63) is 70.2 Å². The lowest BCUT2D eigenvalue weighted by Gasteiger charge is -2.26. The van der Waals surface area contributed by atoms with E-state index in [-0.39, 0.29) is 42.3 Å². The summed E-state index contributed by atoms with van der Waals surface area (Å²) in [5.74, 6) is 0.495. The molecule has 7 nitrogen and oxygen atoms in total. The highest BCUT2D eigenvalue weighted by Gasteiger charge is 2.22. The van der Waals surface area contributed by atoms with Crippen LogP contribution in [0.4, 0.5) is 0 Å². The maximum absolute atomic E-state index is 12.6. The van der Waals surface area contributed by atoms with Crippen molar-refractivity contribution in [2.45, 2.75) is 19.9 Å². The molecule has 1 heterocycles. The molecule has 2 amide bonds. The van der Waals surface area contributed by atoms with Crippen molar-refractivity contribution in [3.8, 4) is 0 Å². The summed E-state index contributed by atoms with van der Waals surface area (Å²) in [4.78, 5) is 30.2. The highest BCUT2D eigenvalue weighted by molar-refractivity contribution is 14.0. The number of rotatable bonds is 7. The first kappa shape index (κ1) is 25.9. The number of aliphatic imine (C=N–C) groups is 1. The number of carbonyl (C=O) groups is 2. The monoisotopic (exact) mass is 569 g/mol. The van der Waals surface area contributed by atoms with Crippen LogP contribution in [0.15, 0.2) is 53.5 Å². The van der Waals surface area contributed by atoms with Gasteiger partial charge < -0.3 is 20.9 Å². The fourth-order valence-electron chi connectivity index (χ4n) is 3.28. The van der Waals surface area contributed by atoms with Crippen molar-refractivity contribution in [2.24, 2.45) is 4.99 Å². The summed E-state index contributed by atoms with van der Waals surface area (Å²) in [7, 11) is 0. The molecule has 2 aromatic carbocycles. The third-order valence-corrected chi connectivity index (χ3v) is 5.12. The number of halogens is 2. The quantitative estimate of drug-likeness (QED) is 0.272. The molecule has 1 aliphatic rings. The second-order valence-electron chi connectivity index (χ2n) is 7.28. The van der Waals surface area contributed by atoms with Gasteiger partial charge in [0.05, 0.1) is 13.1 Å². The van der Waals surface area contributed by atoms with Crippen LogP contribution in [-0.2, 0) is 17.8 Å². The first-order chi connectivity index (χ1) is 15.0. The van der Waals surface area contributed by atoms with Gasteiger partial charge in [0.15, 0.2) is 5.96 Å². The van der Waals surface area contributed by atoms with Gasteiger partial charge in [-0.2, -0.15) is 0 Å². The summed E-state index contributed by atoms with van der Waals surface area (Å²) in [6, 6.07) is 15.2. The van der Waals surface area contributed by atoms with E-state index >= 15 is 0 Å². The van der Waals surface area contributed by atoms with Crippen molar-refractivity contribution >= 4 is 53.4 Å². The van der Waals surface area contributed by atoms with Crippen LogP contribution in [-0.4, -0.2) is 55.4 Å². The number of carbonyl (C=O) groups excluding carboxylic acids is 2. The first-order valence-electron chi connectivity index (χ1n) is 10.5. The number of nitrogens with zero attached hydrogens (tertiary/aromatic N) is 2. The molecule has 9 heteroatoms. The lowest BCUT2D eigenvalue weighted by Crippen LogP contribution is -2.49. The zero-order chi connectivity index (χ0) is 22.1. The van der Waals surface area contributed by atoms with Crippen molar-refractivity contribution < 1.29 is 9.59 Å². The van der Waals surface area contributed by atoms with E-state index < -0.39 is 0 Å². The highest BCUT2D eigenvalue weighted by atomic mass is 127. The van der Waals surface area contributed by atoms with Crippen molar-refractivity contribution in [2.75, 3.05) is 32.7 Å². The molecular formula is C23H29ClIN5O2. The van der Waals surface area contributed by atoms with Gasteiger partial charge in [0.2, 0.25) is 5.91 Å². The molecule has 0 bridgehead atoms. The van der Waals surface area contributed by atoms with Crippen LogP contribution < -0.4 is 16.0 Å². The molecule has 1 aliphatic heterocycles. The lowest BCUT2D eigenvalue weighted by molar-refractivity contribution is -0.123. The van der Waals surface area contributed by atoms with E-state index in [0.717, 1.165) is 36.1 Å². The van der Waals surface area contributed by atoms with E-state index in [9.17, 15) is 9.59 Å². The van der Waals surface area contributed by atoms with Crippen molar-refractivity contribution in [3.63, 3.8) is 0 Å². The fourth-order valence-corrected chi connectivity index (χ4v) is 3.49. The zero-order valence-electron chi connectivity index (χ0n) is 18.1. The Morgan fingerprint density at radius 2 is 1.94 bits per heavy atom. The van der Waals surface area contributed by atoms with Crippen LogP contribution in [0.3, 0.4) is 0 Å². The van der Waals surface area contributed by atoms with Crippen molar-refractivity contribution in [1.29, 1.82) is 0 Å². The molecule has 0 saturated carbocycles. The number of piperazine rings is 1. The summed E-state index contributed by atoms with van der Waals surface area (Å²) in [5, 5.41) is 10.0. The second kappa shape index (κ2) is 13.3. The highest BCUT2D eigenvalue weighted by Crippen LogP contribution is 2.11. The van der Waals surface area contributed by atoms with Crippen LogP contribution >= 0.6 is 35.6 Å². The Bertz CT molecular complexity index is 936. The largest absolute Gasteiger partial charge is 0.357 e. The van der Waals surface area contributed by atoms with Crippen LogP contribution in [0, 0.1) is 0 Å². The van der Waals surface area contributed by atoms with Gasteiger partial charge in [0, 0.05) is 36.8 Å². The number of guanidine groups is 1. The summed E-state index contributed by atoms with van der Waals surface area (Å²) in [6.45, 7) is 5.15. The van der Waals surface area contributed by atoms with Gasteiger partial charge in [-0.1, -0.05) is 35.9 Å². The minimum Gasteiger partial charge on any atom is -0.357 e. The second-order valence-corrected chi connectivity index (χ2v) is 7.71. The lowest BCUT2D eigenvalue weighted by atomic mass is 10.1. The van der Waals surface area contributed by atoms with Crippen LogP contribution in [0.25, 0.3) is 0 Å². The molecule has 1 fully saturated rings. The maximum atomic E-state index is 12.6. The number of hydrogen-bond donors (Lipinski definition) is 3. The summed E-state index contributed by atoms with van der Waals surface area (Å²) in [5.41, 5.74) is 2.75. The van der Waals surface area contributed by atoms with Gasteiger partial charge >= 0.3 is 0 Å². The molecule has 1 saturated heterocycles. The number of benzene rings is 2. The zero-order valence-corrected chi connectivity index (χ0v) is 21.2. The van der Waals surface area contributed by atoms with Crippen LogP contribution in [0.5, 0.6) is 0 Å². The van der Waals surface area contributed by atoms with Gasteiger partial charge in [-0.05, 0) is 48.7 Å². The Morgan fingerprint density at radius 3 is 2.62 bits per heavy atom. The van der Waals surface area contributed by atoms with E-state index in [4.69, 9.17) is 11.6 Å². The number of amides is 2. The molecule has 0 unspecified atom stereocenters. The van der Waals surface area contributed by atoms with Gasteiger partial charge in [-0.25, -0.2) is 4.99 Å². The number of nitrogens with one attached hydrogen (secondary N) is 3. The first-order valence-corrected chi connectivity index (χ1v) is 10.8. The Labute approximate surface area is 211 Å². The molecular weight excluding hydrogens is 541 g/mol. The fraction of sp³-hybridized carbons (Fsp3) is 0.348. The van der Waals surface area contributed by atoms with Gasteiger partial charge in [-0.15, -0.1) is 24.0 Å². The topological polar surface area (TPSA) is 85.8 Å².